The van der Waals surface area contributed by atoms with Gasteiger partial charge in [0.2, 0.25) is 0 Å². The summed E-state index contributed by atoms with van der Waals surface area (Å²) in [5.41, 5.74) is 2.09. The van der Waals surface area contributed by atoms with Gasteiger partial charge in [-0.3, -0.25) is 4.79 Å². The van der Waals surface area contributed by atoms with Gasteiger partial charge in [0.1, 0.15) is 23.0 Å². The Balaban J connectivity index is 1.91. The van der Waals surface area contributed by atoms with Gasteiger partial charge in [-0.15, -0.1) is 11.3 Å². The Kier molecular flexibility index (Phi) is 6.55. The molecule has 3 aromatic rings. The third kappa shape index (κ3) is 4.36. The minimum atomic E-state index is -0.0726. The first-order valence-electron chi connectivity index (χ1n) is 8.49. The van der Waals surface area contributed by atoms with E-state index in [2.05, 4.69) is 15.1 Å². The van der Waals surface area contributed by atoms with Crippen LogP contribution in [0.3, 0.4) is 0 Å². The molecule has 0 N–H and O–H groups in total. The van der Waals surface area contributed by atoms with E-state index in [0.717, 1.165) is 10.6 Å². The molecule has 0 radical (unpaired) electrons. The largest absolute Gasteiger partial charge is 0.334 e. The van der Waals surface area contributed by atoms with Crippen molar-refractivity contribution in [2.75, 3.05) is 13.2 Å². The first kappa shape index (κ1) is 19.9. The molecule has 0 saturated heterocycles. The maximum Gasteiger partial charge on any atom is 0.257 e. The van der Waals surface area contributed by atoms with Crippen molar-refractivity contribution in [3.8, 4) is 16.5 Å². The number of aromatic nitrogens is 4. The molecule has 1 amide bonds. The average Bonchev–Trinajstić information content (AvgIpc) is 3.31. The van der Waals surface area contributed by atoms with Crippen molar-refractivity contribution in [3.05, 3.63) is 47.2 Å². The second kappa shape index (κ2) is 8.89. The number of rotatable bonds is 7. The molecule has 0 fully saturated rings. The van der Waals surface area contributed by atoms with E-state index in [9.17, 15) is 4.79 Å². The molecule has 3 heterocycles. The first-order chi connectivity index (χ1) is 13.0. The molecular formula is C18H20IN5O2S. The van der Waals surface area contributed by atoms with Gasteiger partial charge < -0.3 is 7.97 Å². The third-order valence-corrected chi connectivity index (χ3v) is 5.47. The van der Waals surface area contributed by atoms with Crippen LogP contribution in [0, 0.1) is 6.92 Å². The molecular weight excluding hydrogens is 477 g/mol. The topological polar surface area (TPSA) is 73.1 Å². The fourth-order valence-corrected chi connectivity index (χ4v) is 3.61. The van der Waals surface area contributed by atoms with Crippen molar-refractivity contribution in [1.82, 2.24) is 24.6 Å². The average molecular weight is 497 g/mol. The smallest absolute Gasteiger partial charge is 0.257 e. The Morgan fingerprint density at radius 1 is 1.41 bits per heavy atom. The van der Waals surface area contributed by atoms with E-state index in [1.165, 1.54) is 0 Å². The van der Waals surface area contributed by atoms with E-state index in [-0.39, 0.29) is 11.9 Å². The maximum absolute atomic E-state index is 13.0. The summed E-state index contributed by atoms with van der Waals surface area (Å²) in [5.74, 6) is 0.376. The van der Waals surface area contributed by atoms with Crippen LogP contribution in [0.25, 0.3) is 16.5 Å². The Bertz CT molecular complexity index is 910. The molecule has 0 saturated carbocycles. The zero-order valence-electron chi connectivity index (χ0n) is 15.3. The van der Waals surface area contributed by atoms with E-state index in [1.54, 1.807) is 33.3 Å². The second-order valence-electron chi connectivity index (χ2n) is 6.18. The number of carbonyl (C=O) groups excluding carboxylic acids is 1. The summed E-state index contributed by atoms with van der Waals surface area (Å²) in [6.45, 7) is 6.82. The van der Waals surface area contributed by atoms with Crippen LogP contribution in [-0.4, -0.2) is 49.7 Å². The van der Waals surface area contributed by atoms with E-state index in [1.807, 2.05) is 67.4 Å². The maximum atomic E-state index is 13.0. The fourth-order valence-electron chi connectivity index (χ4n) is 2.72. The molecule has 0 aliphatic rings. The molecule has 3 rings (SSSR count). The molecule has 142 valence electrons. The van der Waals surface area contributed by atoms with Gasteiger partial charge in [-0.1, -0.05) is 6.07 Å². The molecule has 0 atom stereocenters. The molecule has 0 unspecified atom stereocenters. The minimum absolute atomic E-state index is 0.0604. The van der Waals surface area contributed by atoms with Crippen molar-refractivity contribution in [2.45, 2.75) is 26.8 Å². The molecule has 7 nitrogen and oxygen atoms in total. The quantitative estimate of drug-likeness (QED) is 0.463. The molecule has 0 aliphatic heterocycles. The molecule has 0 spiro atoms. The highest BCUT2D eigenvalue weighted by Crippen LogP contribution is 2.23. The summed E-state index contributed by atoms with van der Waals surface area (Å²) in [5, 5.41) is 6.37. The molecule has 0 aliphatic carbocycles. The number of carbonyl (C=O) groups is 1. The van der Waals surface area contributed by atoms with Gasteiger partial charge in [0.15, 0.2) is 0 Å². The number of halogens is 1. The highest BCUT2D eigenvalue weighted by molar-refractivity contribution is 14.1. The van der Waals surface area contributed by atoms with Gasteiger partial charge in [-0.25, -0.2) is 14.6 Å². The van der Waals surface area contributed by atoms with Crippen molar-refractivity contribution in [1.29, 1.82) is 0 Å². The number of hydrogen-bond donors (Lipinski definition) is 0. The fraction of sp³-hybridized carbons (Fsp3) is 0.333. The van der Waals surface area contributed by atoms with Crippen molar-refractivity contribution in [2.24, 2.45) is 0 Å². The van der Waals surface area contributed by atoms with Gasteiger partial charge >= 0.3 is 0 Å². The lowest BCUT2D eigenvalue weighted by Gasteiger charge is -2.26. The van der Waals surface area contributed by atoms with Crippen LogP contribution in [0.2, 0.25) is 0 Å². The monoisotopic (exact) mass is 497 g/mol. The molecule has 3 aromatic heterocycles. The molecule has 0 aromatic carbocycles. The van der Waals surface area contributed by atoms with E-state index < -0.39 is 0 Å². The van der Waals surface area contributed by atoms with Crippen molar-refractivity contribution in [3.63, 3.8) is 0 Å². The van der Waals surface area contributed by atoms with Crippen LogP contribution in [0.4, 0.5) is 0 Å². The van der Waals surface area contributed by atoms with Crippen LogP contribution in [0.5, 0.6) is 0 Å². The number of hydrogen-bond acceptors (Lipinski definition) is 6. The van der Waals surface area contributed by atoms with Crippen LogP contribution < -0.4 is 0 Å². The second-order valence-corrected chi connectivity index (χ2v) is 7.75. The van der Waals surface area contributed by atoms with Gasteiger partial charge in [-0.2, -0.15) is 5.10 Å². The molecule has 27 heavy (non-hydrogen) atoms. The zero-order valence-corrected chi connectivity index (χ0v) is 18.3. The Labute approximate surface area is 176 Å². The van der Waals surface area contributed by atoms with Crippen molar-refractivity contribution >= 4 is 40.2 Å². The minimum Gasteiger partial charge on any atom is -0.334 e. The lowest BCUT2D eigenvalue weighted by Crippen LogP contribution is -2.39. The first-order valence-corrected chi connectivity index (χ1v) is 10.3. The van der Waals surface area contributed by atoms with Gasteiger partial charge in [-0.05, 0) is 38.3 Å². The van der Waals surface area contributed by atoms with Gasteiger partial charge in [0.05, 0.1) is 34.6 Å². The van der Waals surface area contributed by atoms with Crippen molar-refractivity contribution < 1.29 is 7.86 Å². The summed E-state index contributed by atoms with van der Waals surface area (Å²) >= 11 is 3.45. The van der Waals surface area contributed by atoms with E-state index in [4.69, 9.17) is 3.07 Å². The predicted molar refractivity (Wildman–Crippen MR) is 113 cm³/mol. The highest BCUT2D eigenvalue weighted by Gasteiger charge is 2.23. The molecule has 9 heteroatoms. The standard InChI is InChI=1S/C18H20IN5O2S/c1-12(2)23(8-9-26-19)17(25)14-11-21-24(13(14)3)18-20-7-6-15(22-18)16-5-4-10-27-16/h4-7,10-12H,8-9H2,1-3H3. The lowest BCUT2D eigenvalue weighted by molar-refractivity contribution is 0.0686. The van der Waals surface area contributed by atoms with Crippen LogP contribution in [-0.2, 0) is 3.07 Å². The Hall–Kier alpha value is -1.85. The number of nitrogens with zero attached hydrogens (tertiary/aromatic N) is 5. The lowest BCUT2D eigenvalue weighted by atomic mass is 10.2. The SMILES string of the molecule is Cc1c(C(=O)N(CCOI)C(C)C)cnn1-c1nccc(-c2cccs2)n1. The summed E-state index contributed by atoms with van der Waals surface area (Å²) in [4.78, 5) is 24.8. The third-order valence-electron chi connectivity index (χ3n) is 4.14. The van der Waals surface area contributed by atoms with Crippen LogP contribution in [0.15, 0.2) is 36.0 Å². The predicted octanol–water partition coefficient (Wildman–Crippen LogP) is 3.92. The Morgan fingerprint density at radius 3 is 2.89 bits per heavy atom. The Morgan fingerprint density at radius 2 is 2.22 bits per heavy atom. The number of amides is 1. The van der Waals surface area contributed by atoms with E-state index in [0.29, 0.717) is 30.4 Å². The molecule has 0 bridgehead atoms. The summed E-state index contributed by atoms with van der Waals surface area (Å²) < 4.78 is 6.71. The van der Waals surface area contributed by atoms with E-state index >= 15 is 0 Å². The summed E-state index contributed by atoms with van der Waals surface area (Å²) in [6, 6.07) is 5.92. The van der Waals surface area contributed by atoms with Gasteiger partial charge in [0.25, 0.3) is 11.9 Å². The van der Waals surface area contributed by atoms with Crippen LogP contribution >= 0.6 is 34.3 Å². The zero-order chi connectivity index (χ0) is 19.4. The van der Waals surface area contributed by atoms with Crippen LogP contribution in [0.1, 0.15) is 29.9 Å². The summed E-state index contributed by atoms with van der Waals surface area (Å²) in [6.07, 6.45) is 3.29. The highest BCUT2D eigenvalue weighted by atomic mass is 127. The summed E-state index contributed by atoms with van der Waals surface area (Å²) in [7, 11) is 0. The number of thiophene rings is 1. The van der Waals surface area contributed by atoms with Gasteiger partial charge in [0, 0.05) is 18.8 Å². The normalized spacial score (nSPS) is 11.1.